The standard InChI is InChI=1S/C15H20BrNO2/c1-15(2,3)19-9-13(18)17-14-11-7-5-4-6-10(11)8-12(14)16/h4-7,12,14H,8-9H2,1-3H3,(H,17,18). The molecule has 1 aromatic rings. The van der Waals surface area contributed by atoms with Crippen molar-refractivity contribution in [1.82, 2.24) is 5.32 Å². The molecule has 1 aliphatic carbocycles. The Morgan fingerprint density at radius 1 is 1.42 bits per heavy atom. The van der Waals surface area contributed by atoms with Gasteiger partial charge < -0.3 is 10.1 Å². The lowest BCUT2D eigenvalue weighted by Gasteiger charge is -2.22. The SMILES string of the molecule is CC(C)(C)OCC(=O)NC1c2ccccc2CC1Br. The maximum atomic E-state index is 11.9. The fourth-order valence-corrected chi connectivity index (χ4v) is 2.98. The molecular formula is C15H20BrNO2. The molecule has 0 aromatic heterocycles. The molecule has 2 atom stereocenters. The normalized spacial score (nSPS) is 22.1. The summed E-state index contributed by atoms with van der Waals surface area (Å²) in [4.78, 5) is 12.2. The lowest BCUT2D eigenvalue weighted by molar-refractivity contribution is -0.131. The first kappa shape index (κ1) is 14.5. The molecule has 0 fully saturated rings. The van der Waals surface area contributed by atoms with Gasteiger partial charge in [0, 0.05) is 4.83 Å². The highest BCUT2D eigenvalue weighted by molar-refractivity contribution is 9.09. The molecule has 2 unspecified atom stereocenters. The average Bonchev–Trinajstić information content (AvgIpc) is 2.63. The first-order valence-electron chi connectivity index (χ1n) is 6.52. The van der Waals surface area contributed by atoms with Crippen LogP contribution in [-0.4, -0.2) is 22.9 Å². The van der Waals surface area contributed by atoms with E-state index in [0.717, 1.165) is 6.42 Å². The van der Waals surface area contributed by atoms with Crippen LogP contribution < -0.4 is 5.32 Å². The molecule has 1 aliphatic rings. The summed E-state index contributed by atoms with van der Waals surface area (Å²) in [5.41, 5.74) is 2.21. The highest BCUT2D eigenvalue weighted by Crippen LogP contribution is 2.35. The molecular weight excluding hydrogens is 306 g/mol. The van der Waals surface area contributed by atoms with Gasteiger partial charge in [0.2, 0.25) is 5.91 Å². The van der Waals surface area contributed by atoms with Gasteiger partial charge in [-0.15, -0.1) is 0 Å². The Kier molecular flexibility index (Phi) is 4.31. The Balaban J connectivity index is 1.98. The van der Waals surface area contributed by atoms with E-state index in [1.807, 2.05) is 32.9 Å². The van der Waals surface area contributed by atoms with Crippen LogP contribution in [0.5, 0.6) is 0 Å². The zero-order valence-electron chi connectivity index (χ0n) is 11.6. The molecule has 19 heavy (non-hydrogen) atoms. The smallest absolute Gasteiger partial charge is 0.246 e. The second-order valence-electron chi connectivity index (χ2n) is 5.87. The highest BCUT2D eigenvalue weighted by atomic mass is 79.9. The van der Waals surface area contributed by atoms with E-state index in [1.165, 1.54) is 11.1 Å². The van der Waals surface area contributed by atoms with Crippen LogP contribution in [0.15, 0.2) is 24.3 Å². The van der Waals surface area contributed by atoms with Crippen LogP contribution in [0.25, 0.3) is 0 Å². The van der Waals surface area contributed by atoms with E-state index in [9.17, 15) is 4.79 Å². The maximum absolute atomic E-state index is 11.9. The van der Waals surface area contributed by atoms with Gasteiger partial charge in [0.15, 0.2) is 0 Å². The lowest BCUT2D eigenvalue weighted by atomic mass is 10.1. The molecule has 1 N–H and O–H groups in total. The van der Waals surface area contributed by atoms with Gasteiger partial charge in [-0.2, -0.15) is 0 Å². The number of ether oxygens (including phenoxy) is 1. The minimum atomic E-state index is -0.293. The van der Waals surface area contributed by atoms with E-state index in [4.69, 9.17) is 4.74 Å². The quantitative estimate of drug-likeness (QED) is 0.867. The Morgan fingerprint density at radius 3 is 2.79 bits per heavy atom. The largest absolute Gasteiger partial charge is 0.366 e. The molecule has 104 valence electrons. The molecule has 1 aromatic carbocycles. The number of carbonyl (C=O) groups is 1. The van der Waals surface area contributed by atoms with Gasteiger partial charge >= 0.3 is 0 Å². The highest BCUT2D eigenvalue weighted by Gasteiger charge is 2.31. The van der Waals surface area contributed by atoms with E-state index < -0.39 is 0 Å². The van der Waals surface area contributed by atoms with Gasteiger partial charge in [-0.1, -0.05) is 40.2 Å². The fraction of sp³-hybridized carbons (Fsp3) is 0.533. The second kappa shape index (κ2) is 5.63. The number of amides is 1. The van der Waals surface area contributed by atoms with Crippen LogP contribution in [0.2, 0.25) is 0 Å². The third kappa shape index (κ3) is 3.80. The Hall–Kier alpha value is -0.870. The van der Waals surface area contributed by atoms with Gasteiger partial charge in [0.25, 0.3) is 0 Å². The zero-order valence-corrected chi connectivity index (χ0v) is 13.2. The number of hydrogen-bond acceptors (Lipinski definition) is 2. The van der Waals surface area contributed by atoms with Crippen molar-refractivity contribution in [1.29, 1.82) is 0 Å². The zero-order chi connectivity index (χ0) is 14.0. The van der Waals surface area contributed by atoms with Crippen molar-refractivity contribution in [3.8, 4) is 0 Å². The minimum absolute atomic E-state index is 0.0345. The van der Waals surface area contributed by atoms with Crippen molar-refractivity contribution in [2.45, 2.75) is 43.7 Å². The fourth-order valence-electron chi connectivity index (χ4n) is 2.21. The van der Waals surface area contributed by atoms with Crippen molar-refractivity contribution in [3.63, 3.8) is 0 Å². The van der Waals surface area contributed by atoms with Crippen LogP contribution in [0, 0.1) is 0 Å². The third-order valence-corrected chi connectivity index (χ3v) is 3.97. The van der Waals surface area contributed by atoms with Crippen LogP contribution in [0.4, 0.5) is 0 Å². The second-order valence-corrected chi connectivity index (χ2v) is 7.04. The summed E-state index contributed by atoms with van der Waals surface area (Å²) >= 11 is 3.65. The van der Waals surface area contributed by atoms with Gasteiger partial charge in [0.1, 0.15) is 6.61 Å². The lowest BCUT2D eigenvalue weighted by Crippen LogP contribution is -2.36. The molecule has 3 nitrogen and oxygen atoms in total. The molecule has 0 radical (unpaired) electrons. The molecule has 4 heteroatoms. The first-order valence-corrected chi connectivity index (χ1v) is 7.43. The topological polar surface area (TPSA) is 38.3 Å². The molecule has 0 aliphatic heterocycles. The Labute approximate surface area is 122 Å². The predicted octanol–water partition coefficient (Wildman–Crippen LogP) is 2.98. The molecule has 1 amide bonds. The van der Waals surface area contributed by atoms with Crippen molar-refractivity contribution >= 4 is 21.8 Å². The van der Waals surface area contributed by atoms with Gasteiger partial charge in [-0.3, -0.25) is 4.79 Å². The van der Waals surface area contributed by atoms with Crippen LogP contribution >= 0.6 is 15.9 Å². The number of alkyl halides is 1. The molecule has 0 spiro atoms. The Morgan fingerprint density at radius 2 is 2.11 bits per heavy atom. The van der Waals surface area contributed by atoms with Crippen LogP contribution in [-0.2, 0) is 16.0 Å². The summed E-state index contributed by atoms with van der Waals surface area (Å²) < 4.78 is 5.50. The van der Waals surface area contributed by atoms with Gasteiger partial charge in [0.05, 0.1) is 11.6 Å². The number of benzene rings is 1. The van der Waals surface area contributed by atoms with Crippen molar-refractivity contribution in [2.75, 3.05) is 6.61 Å². The van der Waals surface area contributed by atoms with Crippen molar-refractivity contribution < 1.29 is 9.53 Å². The molecule has 0 saturated carbocycles. The number of carbonyl (C=O) groups excluding carboxylic acids is 1. The first-order chi connectivity index (χ1) is 8.87. The molecule has 2 rings (SSSR count). The number of nitrogens with one attached hydrogen (secondary N) is 1. The van der Waals surface area contributed by atoms with Gasteiger partial charge in [-0.25, -0.2) is 0 Å². The van der Waals surface area contributed by atoms with Crippen molar-refractivity contribution in [3.05, 3.63) is 35.4 Å². The van der Waals surface area contributed by atoms with E-state index in [-0.39, 0.29) is 29.0 Å². The van der Waals surface area contributed by atoms with E-state index in [0.29, 0.717) is 0 Å². The van der Waals surface area contributed by atoms with Crippen LogP contribution in [0.3, 0.4) is 0 Å². The minimum Gasteiger partial charge on any atom is -0.366 e. The van der Waals surface area contributed by atoms with Crippen molar-refractivity contribution in [2.24, 2.45) is 0 Å². The summed E-state index contributed by atoms with van der Waals surface area (Å²) in [5, 5.41) is 3.05. The summed E-state index contributed by atoms with van der Waals surface area (Å²) in [5.74, 6) is -0.0684. The molecule has 0 saturated heterocycles. The van der Waals surface area contributed by atoms with E-state index in [2.05, 4.69) is 33.4 Å². The average molecular weight is 326 g/mol. The van der Waals surface area contributed by atoms with E-state index in [1.54, 1.807) is 0 Å². The number of hydrogen-bond donors (Lipinski definition) is 1. The van der Waals surface area contributed by atoms with E-state index >= 15 is 0 Å². The number of rotatable bonds is 3. The summed E-state index contributed by atoms with van der Waals surface area (Å²) in [6, 6.07) is 8.26. The maximum Gasteiger partial charge on any atom is 0.246 e. The van der Waals surface area contributed by atoms with Gasteiger partial charge in [-0.05, 0) is 38.3 Å². The monoisotopic (exact) mass is 325 g/mol. The number of halogens is 1. The molecule has 0 bridgehead atoms. The predicted molar refractivity (Wildman–Crippen MR) is 79.4 cm³/mol. The molecule has 0 heterocycles. The van der Waals surface area contributed by atoms with Crippen LogP contribution in [0.1, 0.15) is 37.9 Å². The Bertz CT molecular complexity index is 467. The summed E-state index contributed by atoms with van der Waals surface area (Å²) in [6.07, 6.45) is 0.946. The third-order valence-electron chi connectivity index (χ3n) is 3.12. The summed E-state index contributed by atoms with van der Waals surface area (Å²) in [7, 11) is 0. The number of fused-ring (bicyclic) bond motifs is 1. The summed E-state index contributed by atoms with van der Waals surface area (Å²) in [6.45, 7) is 5.93.